The van der Waals surface area contributed by atoms with Gasteiger partial charge < -0.3 is 9.84 Å². The lowest BCUT2D eigenvalue weighted by molar-refractivity contribution is 0.384. The van der Waals surface area contributed by atoms with Crippen LogP contribution in [0.5, 0.6) is 0 Å². The van der Waals surface area contributed by atoms with Gasteiger partial charge in [-0.1, -0.05) is 17.3 Å². The van der Waals surface area contributed by atoms with Crippen LogP contribution in [0.4, 0.5) is 4.39 Å². The molecule has 0 unspecified atom stereocenters. The molecule has 0 aliphatic rings. The predicted octanol–water partition coefficient (Wildman–Crippen LogP) is 2.68. The summed E-state index contributed by atoms with van der Waals surface area (Å²) in [6.07, 6.45) is 0. The zero-order chi connectivity index (χ0) is 13.1. The van der Waals surface area contributed by atoms with E-state index in [0.29, 0.717) is 23.8 Å². The smallest absolute Gasteiger partial charge is 0.223 e. The van der Waals surface area contributed by atoms with Crippen molar-refractivity contribution in [3.05, 3.63) is 46.9 Å². The molecule has 0 fully saturated rings. The molecular weight excluding hydrogens is 233 g/mol. The minimum Gasteiger partial charge on any atom is -0.340 e. The lowest BCUT2D eigenvalue weighted by Gasteiger charge is -2.13. The Morgan fingerprint density at radius 3 is 2.78 bits per heavy atom. The molecule has 0 saturated carbocycles. The maximum Gasteiger partial charge on any atom is 0.223 e. The van der Waals surface area contributed by atoms with E-state index in [1.54, 1.807) is 26.0 Å². The Hall–Kier alpha value is -1.75. The van der Waals surface area contributed by atoms with E-state index < -0.39 is 0 Å². The Kier molecular flexibility index (Phi) is 3.72. The molecule has 1 atom stereocenters. The second-order valence-corrected chi connectivity index (χ2v) is 4.34. The Morgan fingerprint density at radius 1 is 1.39 bits per heavy atom. The van der Waals surface area contributed by atoms with Crippen molar-refractivity contribution in [1.29, 1.82) is 0 Å². The van der Waals surface area contributed by atoms with Gasteiger partial charge in [0.25, 0.3) is 0 Å². The first-order valence-corrected chi connectivity index (χ1v) is 5.85. The largest absolute Gasteiger partial charge is 0.340 e. The Bertz CT molecular complexity index is 539. The van der Waals surface area contributed by atoms with Crippen LogP contribution in [0.1, 0.15) is 35.8 Å². The molecule has 0 saturated heterocycles. The van der Waals surface area contributed by atoms with Crippen LogP contribution in [-0.4, -0.2) is 10.1 Å². The first-order chi connectivity index (χ1) is 8.56. The minimum atomic E-state index is -0.184. The van der Waals surface area contributed by atoms with Crippen molar-refractivity contribution in [2.45, 2.75) is 33.4 Å². The zero-order valence-electron chi connectivity index (χ0n) is 10.7. The fourth-order valence-electron chi connectivity index (χ4n) is 1.65. The van der Waals surface area contributed by atoms with Crippen molar-refractivity contribution in [2.75, 3.05) is 0 Å². The Morgan fingerprint density at radius 2 is 2.17 bits per heavy atom. The second kappa shape index (κ2) is 5.27. The van der Waals surface area contributed by atoms with E-state index in [-0.39, 0.29) is 11.9 Å². The average Bonchev–Trinajstić information content (AvgIpc) is 2.75. The number of hydrogen-bond acceptors (Lipinski definition) is 4. The minimum absolute atomic E-state index is 0.0268. The summed E-state index contributed by atoms with van der Waals surface area (Å²) >= 11 is 0. The van der Waals surface area contributed by atoms with E-state index in [4.69, 9.17) is 4.52 Å². The van der Waals surface area contributed by atoms with Gasteiger partial charge in [-0.3, -0.25) is 0 Å². The van der Waals surface area contributed by atoms with Gasteiger partial charge in [0.2, 0.25) is 5.89 Å². The number of halogens is 1. The van der Waals surface area contributed by atoms with Crippen molar-refractivity contribution in [2.24, 2.45) is 0 Å². The van der Waals surface area contributed by atoms with Gasteiger partial charge in [0.1, 0.15) is 5.82 Å². The first-order valence-electron chi connectivity index (χ1n) is 5.85. The maximum absolute atomic E-state index is 13.4. The third-order valence-corrected chi connectivity index (χ3v) is 2.83. The van der Waals surface area contributed by atoms with E-state index >= 15 is 0 Å². The molecule has 1 N–H and O–H groups in total. The van der Waals surface area contributed by atoms with Gasteiger partial charge in [-0.05, 0) is 31.0 Å². The lowest BCUT2D eigenvalue weighted by atomic mass is 10.1. The highest BCUT2D eigenvalue weighted by atomic mass is 19.1. The number of rotatable bonds is 4. The van der Waals surface area contributed by atoms with Crippen molar-refractivity contribution in [3.63, 3.8) is 0 Å². The molecule has 0 aliphatic heterocycles. The molecule has 96 valence electrons. The molecule has 4 nitrogen and oxygen atoms in total. The number of aromatic nitrogens is 2. The van der Waals surface area contributed by atoms with Gasteiger partial charge in [-0.15, -0.1) is 0 Å². The van der Waals surface area contributed by atoms with E-state index in [2.05, 4.69) is 15.5 Å². The number of hydrogen-bond donors (Lipinski definition) is 1. The molecule has 1 aromatic heterocycles. The van der Waals surface area contributed by atoms with E-state index in [1.165, 1.54) is 0 Å². The summed E-state index contributed by atoms with van der Waals surface area (Å²) in [5, 5.41) is 7.01. The van der Waals surface area contributed by atoms with Crippen LogP contribution >= 0.6 is 0 Å². The molecule has 0 radical (unpaired) electrons. The Labute approximate surface area is 105 Å². The van der Waals surface area contributed by atoms with Crippen LogP contribution < -0.4 is 5.32 Å². The van der Waals surface area contributed by atoms with Crippen LogP contribution in [0, 0.1) is 19.7 Å². The summed E-state index contributed by atoms with van der Waals surface area (Å²) in [5.74, 6) is 0.962. The van der Waals surface area contributed by atoms with Crippen LogP contribution in [0.25, 0.3) is 0 Å². The van der Waals surface area contributed by atoms with Crippen molar-refractivity contribution >= 4 is 0 Å². The van der Waals surface area contributed by atoms with Gasteiger partial charge in [0.05, 0.1) is 6.54 Å². The van der Waals surface area contributed by atoms with E-state index in [0.717, 1.165) is 5.56 Å². The normalized spacial score (nSPS) is 12.7. The predicted molar refractivity (Wildman–Crippen MR) is 65.4 cm³/mol. The topological polar surface area (TPSA) is 51.0 Å². The van der Waals surface area contributed by atoms with Crippen molar-refractivity contribution in [3.8, 4) is 0 Å². The van der Waals surface area contributed by atoms with Crippen LogP contribution in [0.3, 0.4) is 0 Å². The summed E-state index contributed by atoms with van der Waals surface area (Å²) in [6.45, 7) is 5.96. The molecule has 2 rings (SSSR count). The number of benzene rings is 1. The molecular formula is C13H16FN3O. The molecule has 5 heteroatoms. The Balaban J connectivity index is 1.99. The standard InChI is InChI=1S/C13H16FN3O/c1-8-4-5-11(6-12(8)14)9(2)15-7-13-16-10(3)18-17-13/h4-6,9,15H,7H2,1-3H3/t9-/m1/s1. The van der Waals surface area contributed by atoms with Gasteiger partial charge in [-0.2, -0.15) is 4.98 Å². The maximum atomic E-state index is 13.4. The van der Waals surface area contributed by atoms with E-state index in [1.807, 2.05) is 13.0 Å². The zero-order valence-corrected chi connectivity index (χ0v) is 10.7. The quantitative estimate of drug-likeness (QED) is 0.905. The van der Waals surface area contributed by atoms with E-state index in [9.17, 15) is 4.39 Å². The average molecular weight is 249 g/mol. The van der Waals surface area contributed by atoms with Gasteiger partial charge in [0, 0.05) is 13.0 Å². The molecule has 18 heavy (non-hydrogen) atoms. The summed E-state index contributed by atoms with van der Waals surface area (Å²) in [4.78, 5) is 4.09. The third-order valence-electron chi connectivity index (χ3n) is 2.83. The molecule has 0 bridgehead atoms. The highest BCUT2D eigenvalue weighted by molar-refractivity contribution is 5.25. The summed E-state index contributed by atoms with van der Waals surface area (Å²) in [5.41, 5.74) is 1.55. The number of nitrogens with one attached hydrogen (secondary N) is 1. The van der Waals surface area contributed by atoms with Crippen molar-refractivity contribution < 1.29 is 8.91 Å². The van der Waals surface area contributed by atoms with Crippen LogP contribution in [-0.2, 0) is 6.54 Å². The second-order valence-electron chi connectivity index (χ2n) is 4.34. The van der Waals surface area contributed by atoms with Gasteiger partial charge in [-0.25, -0.2) is 4.39 Å². The molecule has 0 aliphatic carbocycles. The van der Waals surface area contributed by atoms with Crippen LogP contribution in [0.2, 0.25) is 0 Å². The summed E-state index contributed by atoms with van der Waals surface area (Å²) < 4.78 is 18.3. The fraction of sp³-hybridized carbons (Fsp3) is 0.385. The SMILES string of the molecule is Cc1nc(CN[C@H](C)c2ccc(C)c(F)c2)no1. The van der Waals surface area contributed by atoms with Crippen LogP contribution in [0.15, 0.2) is 22.7 Å². The third kappa shape index (κ3) is 2.92. The van der Waals surface area contributed by atoms with Gasteiger partial charge >= 0.3 is 0 Å². The molecule has 0 spiro atoms. The number of nitrogens with zero attached hydrogens (tertiary/aromatic N) is 2. The molecule has 1 aromatic carbocycles. The summed E-state index contributed by atoms with van der Waals surface area (Å²) in [7, 11) is 0. The first kappa shape index (κ1) is 12.7. The lowest BCUT2D eigenvalue weighted by Crippen LogP contribution is -2.19. The summed E-state index contributed by atoms with van der Waals surface area (Å²) in [6, 6.07) is 5.27. The highest BCUT2D eigenvalue weighted by Crippen LogP contribution is 2.16. The molecule has 2 aromatic rings. The van der Waals surface area contributed by atoms with Crippen molar-refractivity contribution in [1.82, 2.24) is 15.5 Å². The molecule has 0 amide bonds. The molecule has 1 heterocycles. The highest BCUT2D eigenvalue weighted by Gasteiger charge is 2.09. The van der Waals surface area contributed by atoms with Gasteiger partial charge in [0.15, 0.2) is 5.82 Å². The fourth-order valence-corrected chi connectivity index (χ4v) is 1.65. The number of aryl methyl sites for hydroxylation is 2. The monoisotopic (exact) mass is 249 g/mol.